The van der Waals surface area contributed by atoms with Crippen molar-refractivity contribution >= 4 is 57.6 Å². The Balaban J connectivity index is 1.59. The zero-order chi connectivity index (χ0) is 24.4. The van der Waals surface area contributed by atoms with Gasteiger partial charge in [-0.3, -0.25) is 0 Å². The molecule has 0 aliphatic carbocycles. The van der Waals surface area contributed by atoms with Gasteiger partial charge in [-0.25, -0.2) is 14.6 Å². The van der Waals surface area contributed by atoms with Gasteiger partial charge in [-0.05, 0) is 54.4 Å². The van der Waals surface area contributed by atoms with E-state index in [-0.39, 0.29) is 22.0 Å². The number of halogens is 3. The average molecular weight is 515 g/mol. The number of ether oxygens (including phenoxy) is 1. The molecule has 1 atom stereocenters. The highest BCUT2D eigenvalue weighted by Gasteiger charge is 2.26. The quantitative estimate of drug-likeness (QED) is 0.280. The maximum absolute atomic E-state index is 12.6. The molecule has 0 aliphatic heterocycles. The number of aryl methyl sites for hydroxylation is 1. The Morgan fingerprint density at radius 1 is 0.941 bits per heavy atom. The van der Waals surface area contributed by atoms with E-state index in [1.807, 2.05) is 43.3 Å². The molecule has 1 heterocycles. The molecule has 0 bridgehead atoms. The summed E-state index contributed by atoms with van der Waals surface area (Å²) in [5.41, 5.74) is 3.96. The van der Waals surface area contributed by atoms with Gasteiger partial charge < -0.3 is 9.84 Å². The molecule has 0 amide bonds. The fourth-order valence-electron chi connectivity index (χ4n) is 3.67. The number of aromatic nitrogens is 1. The monoisotopic (exact) mass is 513 g/mol. The van der Waals surface area contributed by atoms with Crippen molar-refractivity contribution in [2.45, 2.75) is 19.4 Å². The lowest BCUT2D eigenvalue weighted by atomic mass is 10.0. The van der Waals surface area contributed by atoms with Crippen molar-refractivity contribution in [1.82, 2.24) is 4.98 Å². The van der Waals surface area contributed by atoms with Gasteiger partial charge in [-0.2, -0.15) is 0 Å². The topological polar surface area (TPSA) is 76.5 Å². The standard InChI is InChI=1S/C26H18Cl3NO4/c1-14-4-2-5-17(27)23(14)21-11-9-16-12-15(8-10-20(16)30-21)13-22(25(31)32)34-26(33)24-18(28)6-3-7-19(24)29/h2-12,22H,13H2,1H3,(H,31,32). The van der Waals surface area contributed by atoms with Crippen LogP contribution in [-0.2, 0) is 16.0 Å². The minimum atomic E-state index is -1.42. The Kier molecular flexibility index (Phi) is 7.08. The summed E-state index contributed by atoms with van der Waals surface area (Å²) in [4.78, 5) is 29.1. The molecule has 0 fully saturated rings. The maximum Gasteiger partial charge on any atom is 0.345 e. The minimum absolute atomic E-state index is 0.0372. The predicted molar refractivity (Wildman–Crippen MR) is 134 cm³/mol. The molecule has 1 N–H and O–H groups in total. The van der Waals surface area contributed by atoms with Crippen molar-refractivity contribution in [3.8, 4) is 11.3 Å². The summed E-state index contributed by atoms with van der Waals surface area (Å²) in [5.74, 6) is -2.18. The molecule has 0 saturated carbocycles. The van der Waals surface area contributed by atoms with E-state index in [2.05, 4.69) is 0 Å². The van der Waals surface area contributed by atoms with Crippen molar-refractivity contribution in [3.63, 3.8) is 0 Å². The minimum Gasteiger partial charge on any atom is -0.478 e. The summed E-state index contributed by atoms with van der Waals surface area (Å²) in [6.45, 7) is 1.97. The third-order valence-electron chi connectivity index (χ3n) is 5.34. The van der Waals surface area contributed by atoms with Crippen LogP contribution in [-0.4, -0.2) is 28.1 Å². The smallest absolute Gasteiger partial charge is 0.345 e. The van der Waals surface area contributed by atoms with Crippen LogP contribution in [0.1, 0.15) is 21.5 Å². The van der Waals surface area contributed by atoms with Crippen LogP contribution >= 0.6 is 34.8 Å². The fraction of sp³-hybridized carbons (Fsp3) is 0.115. The number of carbonyl (C=O) groups is 2. The molecule has 0 radical (unpaired) electrons. The molecule has 3 aromatic carbocycles. The summed E-state index contributed by atoms with van der Waals surface area (Å²) < 4.78 is 5.24. The van der Waals surface area contributed by atoms with Crippen LogP contribution in [0.25, 0.3) is 22.2 Å². The van der Waals surface area contributed by atoms with Gasteiger partial charge >= 0.3 is 11.9 Å². The van der Waals surface area contributed by atoms with Crippen LogP contribution in [0, 0.1) is 6.92 Å². The first-order valence-corrected chi connectivity index (χ1v) is 11.4. The molecule has 0 saturated heterocycles. The number of benzene rings is 3. The number of carboxylic acids is 1. The molecule has 172 valence electrons. The van der Waals surface area contributed by atoms with E-state index in [1.54, 1.807) is 18.2 Å². The molecule has 4 rings (SSSR count). The Labute approximate surface area is 210 Å². The second-order valence-electron chi connectivity index (χ2n) is 7.69. The zero-order valence-electron chi connectivity index (χ0n) is 17.9. The van der Waals surface area contributed by atoms with Crippen molar-refractivity contribution in [2.24, 2.45) is 0 Å². The van der Waals surface area contributed by atoms with Gasteiger partial charge in [0, 0.05) is 17.4 Å². The van der Waals surface area contributed by atoms with Crippen molar-refractivity contribution in [2.75, 3.05) is 0 Å². The first-order chi connectivity index (χ1) is 16.2. The molecular formula is C26H18Cl3NO4. The molecule has 0 aliphatic rings. The van der Waals surface area contributed by atoms with Gasteiger partial charge in [-0.15, -0.1) is 0 Å². The van der Waals surface area contributed by atoms with Crippen LogP contribution in [0.15, 0.2) is 66.7 Å². The SMILES string of the molecule is Cc1cccc(Cl)c1-c1ccc2cc(CC(OC(=O)c3c(Cl)cccc3Cl)C(=O)O)ccc2n1. The van der Waals surface area contributed by atoms with Crippen LogP contribution in [0.4, 0.5) is 0 Å². The lowest BCUT2D eigenvalue weighted by molar-refractivity contribution is -0.147. The van der Waals surface area contributed by atoms with Gasteiger partial charge in [0.1, 0.15) is 0 Å². The second kappa shape index (κ2) is 10.0. The van der Waals surface area contributed by atoms with E-state index in [0.717, 1.165) is 27.7 Å². The summed E-state index contributed by atoms with van der Waals surface area (Å²) in [6, 6.07) is 19.4. The number of hydrogen-bond donors (Lipinski definition) is 1. The third kappa shape index (κ3) is 5.02. The zero-order valence-corrected chi connectivity index (χ0v) is 20.2. The number of hydrogen-bond acceptors (Lipinski definition) is 4. The van der Waals surface area contributed by atoms with E-state index >= 15 is 0 Å². The summed E-state index contributed by atoms with van der Waals surface area (Å²) in [7, 11) is 0. The van der Waals surface area contributed by atoms with E-state index < -0.39 is 18.0 Å². The summed E-state index contributed by atoms with van der Waals surface area (Å²) in [5, 5.41) is 11.2. The van der Waals surface area contributed by atoms with Gasteiger partial charge in [0.25, 0.3) is 0 Å². The first kappa shape index (κ1) is 24.0. The van der Waals surface area contributed by atoms with Gasteiger partial charge in [-0.1, -0.05) is 65.1 Å². The van der Waals surface area contributed by atoms with E-state index in [0.29, 0.717) is 10.6 Å². The highest BCUT2D eigenvalue weighted by Crippen LogP contribution is 2.31. The lowest BCUT2D eigenvalue weighted by Crippen LogP contribution is -2.29. The molecule has 8 heteroatoms. The van der Waals surface area contributed by atoms with Crippen LogP contribution in [0.3, 0.4) is 0 Å². The molecule has 5 nitrogen and oxygen atoms in total. The predicted octanol–water partition coefficient (Wildman–Crippen LogP) is 7.02. The van der Waals surface area contributed by atoms with E-state index in [4.69, 9.17) is 44.5 Å². The second-order valence-corrected chi connectivity index (χ2v) is 8.91. The number of esters is 1. The maximum atomic E-state index is 12.6. The van der Waals surface area contributed by atoms with Gasteiger partial charge in [0.05, 0.1) is 31.8 Å². The highest BCUT2D eigenvalue weighted by atomic mass is 35.5. The van der Waals surface area contributed by atoms with Gasteiger partial charge in [0.2, 0.25) is 6.10 Å². The number of pyridine rings is 1. The Morgan fingerprint density at radius 2 is 1.62 bits per heavy atom. The molecule has 1 aromatic heterocycles. The lowest BCUT2D eigenvalue weighted by Gasteiger charge is -2.15. The number of carboxylic acid groups (broad SMARTS) is 1. The number of fused-ring (bicyclic) bond motifs is 1. The number of rotatable bonds is 6. The van der Waals surface area contributed by atoms with Crippen LogP contribution < -0.4 is 0 Å². The first-order valence-electron chi connectivity index (χ1n) is 10.3. The molecule has 4 aromatic rings. The molecular weight excluding hydrogens is 497 g/mol. The van der Waals surface area contributed by atoms with Crippen LogP contribution in [0.2, 0.25) is 15.1 Å². The number of carbonyl (C=O) groups excluding carboxylic acids is 1. The third-order valence-corrected chi connectivity index (χ3v) is 6.29. The largest absolute Gasteiger partial charge is 0.478 e. The van der Waals surface area contributed by atoms with Crippen molar-refractivity contribution in [3.05, 3.63) is 98.5 Å². The Morgan fingerprint density at radius 3 is 2.29 bits per heavy atom. The molecule has 1 unspecified atom stereocenters. The number of nitrogens with zero attached hydrogens (tertiary/aromatic N) is 1. The summed E-state index contributed by atoms with van der Waals surface area (Å²) in [6.07, 6.45) is -1.46. The van der Waals surface area contributed by atoms with Crippen LogP contribution in [0.5, 0.6) is 0 Å². The molecule has 34 heavy (non-hydrogen) atoms. The van der Waals surface area contributed by atoms with Crippen molar-refractivity contribution < 1.29 is 19.4 Å². The van der Waals surface area contributed by atoms with Gasteiger partial charge in [0.15, 0.2) is 0 Å². The Hall–Kier alpha value is -3.12. The molecule has 0 spiro atoms. The van der Waals surface area contributed by atoms with E-state index in [1.165, 1.54) is 12.1 Å². The average Bonchev–Trinajstić information content (AvgIpc) is 2.78. The normalized spacial score (nSPS) is 11.9. The highest BCUT2D eigenvalue weighted by molar-refractivity contribution is 6.39. The summed E-state index contributed by atoms with van der Waals surface area (Å²) >= 11 is 18.5. The van der Waals surface area contributed by atoms with Crippen molar-refractivity contribution in [1.29, 1.82) is 0 Å². The Bertz CT molecular complexity index is 1380. The van der Waals surface area contributed by atoms with E-state index in [9.17, 15) is 14.7 Å². The fourth-order valence-corrected chi connectivity index (χ4v) is 4.54. The number of aliphatic carboxylic acids is 1.